The van der Waals surface area contributed by atoms with Crippen LogP contribution < -0.4 is 10.6 Å². The fraction of sp³-hybridized carbons (Fsp3) is 0.417. The lowest BCUT2D eigenvalue weighted by molar-refractivity contribution is -0.138. The van der Waals surface area contributed by atoms with Crippen molar-refractivity contribution in [1.29, 1.82) is 0 Å². The van der Waals surface area contributed by atoms with Crippen LogP contribution in [0.2, 0.25) is 0 Å². The Hall–Kier alpha value is -1.79. The van der Waals surface area contributed by atoms with Crippen molar-refractivity contribution in [1.82, 2.24) is 5.32 Å². The van der Waals surface area contributed by atoms with Crippen molar-refractivity contribution in [3.05, 3.63) is 29.6 Å². The third-order valence-electron chi connectivity index (χ3n) is 2.40. The normalized spacial score (nSPS) is 12.9. The molecule has 0 saturated carbocycles. The van der Waals surface area contributed by atoms with Crippen LogP contribution in [0.25, 0.3) is 0 Å². The minimum Gasteiger partial charge on any atom is -0.374 e. The first-order chi connectivity index (χ1) is 8.69. The van der Waals surface area contributed by atoms with Gasteiger partial charge in [-0.2, -0.15) is 13.2 Å². The molecule has 0 spiro atoms. The summed E-state index contributed by atoms with van der Waals surface area (Å²) < 4.78 is 48.8. The van der Waals surface area contributed by atoms with Gasteiger partial charge in [0.05, 0.1) is 0 Å². The second-order valence-corrected chi connectivity index (χ2v) is 4.16. The maximum atomic E-state index is 13.0. The molecule has 0 heterocycles. The number of amides is 1. The average molecular weight is 278 g/mol. The van der Waals surface area contributed by atoms with Gasteiger partial charge < -0.3 is 10.6 Å². The summed E-state index contributed by atoms with van der Waals surface area (Å²) in [5, 5.41) is 4.47. The molecule has 0 fully saturated rings. The van der Waals surface area contributed by atoms with E-state index in [1.807, 2.05) is 0 Å². The van der Waals surface area contributed by atoms with Crippen molar-refractivity contribution in [3.8, 4) is 0 Å². The van der Waals surface area contributed by atoms with Crippen LogP contribution in [-0.4, -0.2) is 24.7 Å². The molecule has 1 aromatic rings. The van der Waals surface area contributed by atoms with Crippen LogP contribution in [0, 0.1) is 12.7 Å². The number of nitrogens with one attached hydrogen (secondary N) is 2. The molecule has 1 aromatic carbocycles. The molecule has 0 radical (unpaired) electrons. The summed E-state index contributed by atoms with van der Waals surface area (Å²) in [4.78, 5) is 11.4. The third-order valence-corrected chi connectivity index (χ3v) is 2.40. The molecule has 1 unspecified atom stereocenters. The number of anilines is 1. The number of aryl methyl sites for hydroxylation is 1. The highest BCUT2D eigenvalue weighted by Gasteiger charge is 2.28. The summed E-state index contributed by atoms with van der Waals surface area (Å²) in [6, 6.07) is 3.25. The molecular weight excluding hydrogens is 264 g/mol. The molecule has 1 atom stereocenters. The monoisotopic (exact) mass is 278 g/mol. The summed E-state index contributed by atoms with van der Waals surface area (Å²) in [7, 11) is 0. The minimum absolute atomic E-state index is 0.382. The first kappa shape index (κ1) is 15.3. The van der Waals surface area contributed by atoms with Gasteiger partial charge in [0.2, 0.25) is 5.91 Å². The molecule has 7 heteroatoms. The molecule has 0 aromatic heterocycles. The number of carbonyl (C=O) groups is 1. The second-order valence-electron chi connectivity index (χ2n) is 4.16. The molecule has 3 nitrogen and oxygen atoms in total. The van der Waals surface area contributed by atoms with Crippen LogP contribution in [-0.2, 0) is 4.79 Å². The molecule has 0 aliphatic rings. The Morgan fingerprint density at radius 3 is 2.53 bits per heavy atom. The summed E-state index contributed by atoms with van der Waals surface area (Å²) in [6.07, 6.45) is -4.44. The Balaban J connectivity index is 2.56. The van der Waals surface area contributed by atoms with Crippen LogP contribution in [0.5, 0.6) is 0 Å². The molecule has 19 heavy (non-hydrogen) atoms. The fourth-order valence-corrected chi connectivity index (χ4v) is 1.39. The largest absolute Gasteiger partial charge is 0.405 e. The van der Waals surface area contributed by atoms with E-state index in [-0.39, 0.29) is 5.82 Å². The van der Waals surface area contributed by atoms with Gasteiger partial charge in [-0.1, -0.05) is 0 Å². The highest BCUT2D eigenvalue weighted by molar-refractivity contribution is 5.84. The molecular formula is C12H14F4N2O. The smallest absolute Gasteiger partial charge is 0.374 e. The standard InChI is InChI=1S/C12H14F4N2O/c1-7-5-9(3-4-10(7)13)18-8(2)11(19)17-6-12(14,15)16/h3-5,8,18H,6H2,1-2H3,(H,17,19). The number of carbonyl (C=O) groups excluding carboxylic acids is 1. The Kier molecular flexibility index (Phi) is 4.74. The second kappa shape index (κ2) is 5.90. The maximum Gasteiger partial charge on any atom is 0.405 e. The Labute approximate surface area is 108 Å². The van der Waals surface area contributed by atoms with Crippen LogP contribution in [0.3, 0.4) is 0 Å². The zero-order chi connectivity index (χ0) is 14.6. The molecule has 2 N–H and O–H groups in total. The van der Waals surface area contributed by atoms with Crippen molar-refractivity contribution in [2.75, 3.05) is 11.9 Å². The van der Waals surface area contributed by atoms with Gasteiger partial charge in [-0.15, -0.1) is 0 Å². The number of benzene rings is 1. The molecule has 1 rings (SSSR count). The topological polar surface area (TPSA) is 41.1 Å². The first-order valence-corrected chi connectivity index (χ1v) is 5.56. The Morgan fingerprint density at radius 2 is 2.00 bits per heavy atom. The summed E-state index contributed by atoms with van der Waals surface area (Å²) in [6.45, 7) is 1.60. The zero-order valence-electron chi connectivity index (χ0n) is 10.4. The van der Waals surface area contributed by atoms with E-state index in [1.165, 1.54) is 25.1 Å². The van der Waals surface area contributed by atoms with E-state index in [9.17, 15) is 22.4 Å². The zero-order valence-corrected chi connectivity index (χ0v) is 10.4. The Morgan fingerprint density at radius 1 is 1.37 bits per heavy atom. The van der Waals surface area contributed by atoms with Gasteiger partial charge in [-0.25, -0.2) is 4.39 Å². The van der Waals surface area contributed by atoms with E-state index < -0.39 is 24.7 Å². The number of hydrogen-bond acceptors (Lipinski definition) is 2. The van der Waals surface area contributed by atoms with Gasteiger partial charge in [0.25, 0.3) is 0 Å². The average Bonchev–Trinajstić information content (AvgIpc) is 2.29. The van der Waals surface area contributed by atoms with Gasteiger partial charge in [-0.3, -0.25) is 4.79 Å². The van der Waals surface area contributed by atoms with Crippen molar-refractivity contribution < 1.29 is 22.4 Å². The van der Waals surface area contributed by atoms with E-state index in [2.05, 4.69) is 5.32 Å². The van der Waals surface area contributed by atoms with E-state index >= 15 is 0 Å². The van der Waals surface area contributed by atoms with E-state index in [1.54, 1.807) is 12.2 Å². The quantitative estimate of drug-likeness (QED) is 0.831. The van der Waals surface area contributed by atoms with Crippen LogP contribution in [0.4, 0.5) is 23.2 Å². The summed E-state index contributed by atoms with van der Waals surface area (Å²) in [5.41, 5.74) is 0.849. The molecule has 1 amide bonds. The molecule has 106 valence electrons. The van der Waals surface area contributed by atoms with Gasteiger partial charge in [0.1, 0.15) is 18.4 Å². The van der Waals surface area contributed by atoms with E-state index in [0.29, 0.717) is 11.3 Å². The number of halogens is 4. The van der Waals surface area contributed by atoms with Crippen LogP contribution in [0.15, 0.2) is 18.2 Å². The van der Waals surface area contributed by atoms with E-state index in [4.69, 9.17) is 0 Å². The lowest BCUT2D eigenvalue weighted by Crippen LogP contribution is -2.42. The lowest BCUT2D eigenvalue weighted by atomic mass is 10.2. The minimum atomic E-state index is -4.44. The SMILES string of the molecule is Cc1cc(NC(C)C(=O)NCC(F)(F)F)ccc1F. The molecule has 0 saturated heterocycles. The van der Waals surface area contributed by atoms with Crippen molar-refractivity contribution in [3.63, 3.8) is 0 Å². The number of alkyl halides is 3. The van der Waals surface area contributed by atoms with Crippen molar-refractivity contribution >= 4 is 11.6 Å². The predicted octanol–water partition coefficient (Wildman–Crippen LogP) is 2.61. The van der Waals surface area contributed by atoms with Gasteiger partial charge in [-0.05, 0) is 37.6 Å². The first-order valence-electron chi connectivity index (χ1n) is 5.56. The highest BCUT2D eigenvalue weighted by atomic mass is 19.4. The lowest BCUT2D eigenvalue weighted by Gasteiger charge is -2.16. The predicted molar refractivity (Wildman–Crippen MR) is 63.3 cm³/mol. The van der Waals surface area contributed by atoms with Crippen molar-refractivity contribution in [2.24, 2.45) is 0 Å². The van der Waals surface area contributed by atoms with E-state index in [0.717, 1.165) is 0 Å². The highest BCUT2D eigenvalue weighted by Crippen LogP contribution is 2.15. The molecule has 0 aliphatic carbocycles. The van der Waals surface area contributed by atoms with Gasteiger partial charge >= 0.3 is 6.18 Å². The third kappa shape index (κ3) is 5.15. The van der Waals surface area contributed by atoms with Crippen LogP contribution >= 0.6 is 0 Å². The van der Waals surface area contributed by atoms with Gasteiger partial charge in [0.15, 0.2) is 0 Å². The number of rotatable bonds is 4. The van der Waals surface area contributed by atoms with Gasteiger partial charge in [0, 0.05) is 5.69 Å². The van der Waals surface area contributed by atoms with Crippen molar-refractivity contribution in [2.45, 2.75) is 26.1 Å². The fourth-order valence-electron chi connectivity index (χ4n) is 1.39. The summed E-state index contributed by atoms with van der Waals surface area (Å²) >= 11 is 0. The number of hydrogen-bond donors (Lipinski definition) is 2. The molecule has 0 aliphatic heterocycles. The molecule has 0 bridgehead atoms. The Bertz CT molecular complexity index is 460. The van der Waals surface area contributed by atoms with Crippen LogP contribution in [0.1, 0.15) is 12.5 Å². The maximum absolute atomic E-state index is 13.0. The summed E-state index contributed by atoms with van der Waals surface area (Å²) in [5.74, 6) is -1.17.